The highest BCUT2D eigenvalue weighted by Gasteiger charge is 2.33. The van der Waals surface area contributed by atoms with E-state index in [1.807, 2.05) is 0 Å². The molecule has 2 aliphatic heterocycles. The molecule has 13 nitrogen and oxygen atoms in total. The second-order valence-corrected chi connectivity index (χ2v) is 9.41. The lowest BCUT2D eigenvalue weighted by Crippen LogP contribution is -2.59. The predicted molar refractivity (Wildman–Crippen MR) is 139 cm³/mol. The van der Waals surface area contributed by atoms with Crippen LogP contribution in [0.3, 0.4) is 0 Å². The molecule has 0 fully saturated rings. The van der Waals surface area contributed by atoms with Crippen molar-refractivity contribution in [3.8, 4) is 0 Å². The largest absolute Gasteiger partial charge is 0.491 e. The van der Waals surface area contributed by atoms with E-state index in [0.29, 0.717) is 10.9 Å². The first kappa shape index (κ1) is 28.3. The van der Waals surface area contributed by atoms with Crippen molar-refractivity contribution in [3.63, 3.8) is 0 Å². The van der Waals surface area contributed by atoms with Crippen LogP contribution in [0.1, 0.15) is 45.2 Å². The number of fused-ring (bicyclic) bond motifs is 2. The number of amides is 3. The van der Waals surface area contributed by atoms with Crippen molar-refractivity contribution in [2.24, 2.45) is 5.73 Å². The van der Waals surface area contributed by atoms with Crippen molar-refractivity contribution in [1.82, 2.24) is 16.0 Å². The number of carboxylic acid groups (broad SMARTS) is 1. The summed E-state index contributed by atoms with van der Waals surface area (Å²) in [7, 11) is -2.33. The molecule has 0 spiro atoms. The number of hydrogen-bond acceptors (Lipinski definition) is 9. The first-order chi connectivity index (χ1) is 18.6. The van der Waals surface area contributed by atoms with Gasteiger partial charge in [-0.15, -0.1) is 0 Å². The maximum absolute atomic E-state index is 13.2. The Labute approximate surface area is 224 Å². The number of carbonyl (C=O) groups excluding carboxylic acids is 3. The SMILES string of the molecule is C[C@H](NC(=O)c1ccc2c(c1)B(O)OC2)[C@H](NC(=O)c1ccc2c(c1)B(O)OC2)C(=O)NC(CN)CC(=O)O. The fraction of sp³-hybridized carbons (Fsp3) is 0.333. The fourth-order valence-corrected chi connectivity index (χ4v) is 4.42. The quantitative estimate of drug-likeness (QED) is 0.152. The van der Waals surface area contributed by atoms with E-state index >= 15 is 0 Å². The molecule has 204 valence electrons. The normalized spacial score (nSPS) is 16.1. The molecular weight excluding hydrogens is 510 g/mol. The summed E-state index contributed by atoms with van der Waals surface area (Å²) < 4.78 is 10.3. The van der Waals surface area contributed by atoms with Crippen LogP contribution in [0.5, 0.6) is 0 Å². The molecule has 0 radical (unpaired) electrons. The molecule has 8 N–H and O–H groups in total. The Balaban J connectivity index is 1.53. The zero-order valence-corrected chi connectivity index (χ0v) is 21.0. The molecular formula is C24H28B2N4O9. The Hall–Kier alpha value is -3.75. The minimum atomic E-state index is -1.33. The number of carbonyl (C=O) groups is 4. The van der Waals surface area contributed by atoms with Gasteiger partial charge in [0.25, 0.3) is 11.8 Å². The van der Waals surface area contributed by atoms with E-state index in [4.69, 9.17) is 20.1 Å². The van der Waals surface area contributed by atoms with Crippen molar-refractivity contribution in [3.05, 3.63) is 58.7 Å². The monoisotopic (exact) mass is 538 g/mol. The van der Waals surface area contributed by atoms with E-state index < -0.39 is 62.5 Å². The molecule has 3 atom stereocenters. The van der Waals surface area contributed by atoms with E-state index in [1.54, 1.807) is 18.2 Å². The summed E-state index contributed by atoms with van der Waals surface area (Å²) in [6, 6.07) is 6.06. The van der Waals surface area contributed by atoms with Crippen LogP contribution in [0.15, 0.2) is 36.4 Å². The predicted octanol–water partition coefficient (Wildman–Crippen LogP) is -3.04. The molecule has 39 heavy (non-hydrogen) atoms. The van der Waals surface area contributed by atoms with E-state index in [2.05, 4.69) is 16.0 Å². The van der Waals surface area contributed by atoms with Crippen LogP contribution >= 0.6 is 0 Å². The number of aliphatic carboxylic acids is 1. The molecule has 15 heteroatoms. The Morgan fingerprint density at radius 1 is 0.897 bits per heavy atom. The average Bonchev–Trinajstić information content (AvgIpc) is 3.47. The van der Waals surface area contributed by atoms with Gasteiger partial charge in [0.05, 0.1) is 31.7 Å². The van der Waals surface area contributed by atoms with Gasteiger partial charge in [-0.1, -0.05) is 12.1 Å². The van der Waals surface area contributed by atoms with Crippen LogP contribution in [0.4, 0.5) is 0 Å². The second kappa shape index (κ2) is 12.0. The topological polar surface area (TPSA) is 210 Å². The maximum Gasteiger partial charge on any atom is 0.491 e. The van der Waals surface area contributed by atoms with E-state index in [9.17, 15) is 29.2 Å². The van der Waals surface area contributed by atoms with E-state index in [0.717, 1.165) is 11.1 Å². The summed E-state index contributed by atoms with van der Waals surface area (Å²) in [6.07, 6.45) is -0.439. The van der Waals surface area contributed by atoms with Gasteiger partial charge < -0.3 is 46.1 Å². The molecule has 2 heterocycles. The minimum Gasteiger partial charge on any atom is -0.481 e. The highest BCUT2D eigenvalue weighted by Crippen LogP contribution is 2.13. The number of benzene rings is 2. The zero-order chi connectivity index (χ0) is 28.3. The number of hydrogen-bond donors (Lipinski definition) is 7. The standard InChI is InChI=1S/C24H28B2N4O9/c1-12(28-22(33)13-2-4-15-10-38-25(36)18(15)6-13)21(24(35)29-17(9-27)8-20(31)32)30-23(34)14-3-5-16-11-39-26(37)19(16)7-14/h2-7,12,17,21,36-37H,8-11,27H2,1H3,(H,28,33)(H,29,35)(H,30,34)(H,31,32)/t12-,17?,21-/m0/s1. The van der Waals surface area contributed by atoms with Gasteiger partial charge in [0.1, 0.15) is 6.04 Å². The second-order valence-electron chi connectivity index (χ2n) is 9.41. The lowest BCUT2D eigenvalue weighted by Gasteiger charge is -2.27. The lowest BCUT2D eigenvalue weighted by atomic mass is 9.78. The summed E-state index contributed by atoms with van der Waals surface area (Å²) in [6.45, 7) is 1.75. The summed E-state index contributed by atoms with van der Waals surface area (Å²) in [4.78, 5) is 50.5. The number of carboxylic acids is 1. The third-order valence-electron chi connectivity index (χ3n) is 6.62. The first-order valence-electron chi connectivity index (χ1n) is 12.3. The summed E-state index contributed by atoms with van der Waals surface area (Å²) in [5.74, 6) is -3.17. The molecule has 4 rings (SSSR count). The smallest absolute Gasteiger partial charge is 0.481 e. The van der Waals surface area contributed by atoms with Gasteiger partial charge in [-0.2, -0.15) is 0 Å². The Morgan fingerprint density at radius 2 is 1.41 bits per heavy atom. The third-order valence-corrected chi connectivity index (χ3v) is 6.62. The zero-order valence-electron chi connectivity index (χ0n) is 21.0. The van der Waals surface area contributed by atoms with Gasteiger partial charge in [0.2, 0.25) is 5.91 Å². The highest BCUT2D eigenvalue weighted by atomic mass is 16.5. The molecule has 0 aliphatic carbocycles. The van der Waals surface area contributed by atoms with Gasteiger partial charge >= 0.3 is 20.2 Å². The van der Waals surface area contributed by atoms with Crippen LogP contribution in [0.25, 0.3) is 0 Å². The Bertz CT molecular complexity index is 1290. The van der Waals surface area contributed by atoms with Crippen LogP contribution < -0.4 is 32.6 Å². The first-order valence-corrected chi connectivity index (χ1v) is 12.3. The van der Waals surface area contributed by atoms with Crippen molar-refractivity contribution in [2.75, 3.05) is 6.54 Å². The van der Waals surface area contributed by atoms with Gasteiger partial charge in [-0.05, 0) is 53.2 Å². The molecule has 0 aromatic heterocycles. The lowest BCUT2D eigenvalue weighted by molar-refractivity contribution is -0.137. The minimum absolute atomic E-state index is 0.142. The molecule has 2 aromatic carbocycles. The average molecular weight is 538 g/mol. The number of nitrogens with one attached hydrogen (secondary N) is 3. The highest BCUT2D eigenvalue weighted by molar-refractivity contribution is 6.62. The van der Waals surface area contributed by atoms with Gasteiger partial charge in [-0.25, -0.2) is 0 Å². The van der Waals surface area contributed by atoms with Crippen molar-refractivity contribution in [1.29, 1.82) is 0 Å². The van der Waals surface area contributed by atoms with E-state index in [1.165, 1.54) is 25.1 Å². The summed E-state index contributed by atoms with van der Waals surface area (Å²) >= 11 is 0. The molecule has 2 aromatic rings. The molecule has 1 unspecified atom stereocenters. The van der Waals surface area contributed by atoms with E-state index in [-0.39, 0.29) is 30.9 Å². The van der Waals surface area contributed by atoms with Crippen LogP contribution in [-0.2, 0) is 32.1 Å². The van der Waals surface area contributed by atoms with Crippen LogP contribution in [0.2, 0.25) is 0 Å². The van der Waals surface area contributed by atoms with Crippen molar-refractivity contribution < 1.29 is 43.6 Å². The van der Waals surface area contributed by atoms with Crippen LogP contribution in [-0.4, -0.2) is 77.8 Å². The van der Waals surface area contributed by atoms with Crippen molar-refractivity contribution >= 4 is 48.9 Å². The Kier molecular flexibility index (Phi) is 8.67. The Morgan fingerprint density at radius 3 is 1.90 bits per heavy atom. The molecule has 0 bridgehead atoms. The van der Waals surface area contributed by atoms with Gasteiger partial charge in [0.15, 0.2) is 0 Å². The molecule has 2 aliphatic rings. The van der Waals surface area contributed by atoms with Gasteiger partial charge in [-0.3, -0.25) is 19.2 Å². The third kappa shape index (κ3) is 6.46. The summed E-state index contributed by atoms with van der Waals surface area (Å²) in [5, 5.41) is 36.8. The molecule has 0 saturated heterocycles. The maximum atomic E-state index is 13.2. The van der Waals surface area contributed by atoms with Crippen molar-refractivity contribution in [2.45, 2.75) is 44.7 Å². The molecule has 3 amide bonds. The molecule has 0 saturated carbocycles. The van der Waals surface area contributed by atoms with Crippen LogP contribution in [0, 0.1) is 0 Å². The number of nitrogens with two attached hydrogens (primary N) is 1. The fourth-order valence-electron chi connectivity index (χ4n) is 4.42. The summed E-state index contributed by atoms with van der Waals surface area (Å²) in [5.41, 5.74) is 8.31. The van der Waals surface area contributed by atoms with Gasteiger partial charge in [0, 0.05) is 17.7 Å². The number of rotatable bonds is 10.